The predicted molar refractivity (Wildman–Crippen MR) is 144 cm³/mol. The van der Waals surface area contributed by atoms with Gasteiger partial charge in [-0.3, -0.25) is 13.9 Å². The first-order chi connectivity index (χ1) is 17.1. The minimum atomic E-state index is -3.82. The van der Waals surface area contributed by atoms with Crippen molar-refractivity contribution in [1.82, 2.24) is 10.2 Å². The van der Waals surface area contributed by atoms with Crippen LogP contribution in [0.25, 0.3) is 0 Å². The summed E-state index contributed by atoms with van der Waals surface area (Å²) in [5, 5.41) is 2.97. The predicted octanol–water partition coefficient (Wildman–Crippen LogP) is 3.62. The number of hydrogen-bond donors (Lipinski definition) is 1. The van der Waals surface area contributed by atoms with Crippen LogP contribution in [0.4, 0.5) is 5.69 Å². The number of nitrogens with zero attached hydrogens (tertiary/aromatic N) is 2. The summed E-state index contributed by atoms with van der Waals surface area (Å²) in [4.78, 5) is 28.4. The number of para-hydroxylation sites is 2. The zero-order valence-electron chi connectivity index (χ0n) is 21.9. The molecule has 0 bridgehead atoms. The van der Waals surface area contributed by atoms with Crippen molar-refractivity contribution in [3.63, 3.8) is 0 Å². The van der Waals surface area contributed by atoms with Gasteiger partial charge in [0.05, 0.1) is 18.6 Å². The molecule has 1 N–H and O–H groups in total. The highest BCUT2D eigenvalue weighted by Crippen LogP contribution is 2.30. The van der Waals surface area contributed by atoms with Gasteiger partial charge in [-0.15, -0.1) is 0 Å². The molecule has 0 saturated heterocycles. The Morgan fingerprint density at radius 2 is 1.61 bits per heavy atom. The molecule has 2 aromatic rings. The van der Waals surface area contributed by atoms with Gasteiger partial charge < -0.3 is 15.0 Å². The summed E-state index contributed by atoms with van der Waals surface area (Å²) in [5.41, 5.74) is 1.31. The van der Waals surface area contributed by atoms with Crippen LogP contribution in [-0.4, -0.2) is 63.2 Å². The lowest BCUT2D eigenvalue weighted by Crippen LogP contribution is -2.54. The first-order valence-corrected chi connectivity index (χ1v) is 14.3. The molecule has 0 aliphatic rings. The number of anilines is 1. The lowest BCUT2D eigenvalue weighted by molar-refractivity contribution is -0.139. The molecule has 2 amide bonds. The molecule has 0 aliphatic heterocycles. The van der Waals surface area contributed by atoms with E-state index in [0.29, 0.717) is 25.2 Å². The van der Waals surface area contributed by atoms with E-state index >= 15 is 0 Å². The van der Waals surface area contributed by atoms with Crippen LogP contribution in [0.2, 0.25) is 0 Å². The van der Waals surface area contributed by atoms with Crippen molar-refractivity contribution in [3.05, 3.63) is 60.2 Å². The number of benzene rings is 2. The Kier molecular flexibility index (Phi) is 11.2. The topological polar surface area (TPSA) is 96.0 Å². The van der Waals surface area contributed by atoms with Crippen LogP contribution in [0.3, 0.4) is 0 Å². The number of ether oxygens (including phenoxy) is 1. The van der Waals surface area contributed by atoms with E-state index in [0.717, 1.165) is 22.5 Å². The molecule has 0 saturated carbocycles. The first kappa shape index (κ1) is 29.2. The molecule has 2 atom stereocenters. The average molecular weight is 518 g/mol. The maximum absolute atomic E-state index is 13.7. The third-order valence-electron chi connectivity index (χ3n) is 5.98. The zero-order valence-corrected chi connectivity index (χ0v) is 22.8. The Morgan fingerprint density at radius 3 is 2.19 bits per heavy atom. The lowest BCUT2D eigenvalue weighted by atomic mass is 10.1. The van der Waals surface area contributed by atoms with Crippen molar-refractivity contribution in [1.29, 1.82) is 0 Å². The molecule has 0 unspecified atom stereocenters. The Hall–Kier alpha value is -3.07. The fourth-order valence-corrected chi connectivity index (χ4v) is 4.73. The zero-order chi connectivity index (χ0) is 26.7. The van der Waals surface area contributed by atoms with Gasteiger partial charge in [-0.25, -0.2) is 8.42 Å². The van der Waals surface area contributed by atoms with Gasteiger partial charge in [0.2, 0.25) is 21.8 Å². The summed E-state index contributed by atoms with van der Waals surface area (Å²) in [6.07, 6.45) is 2.76. The molecule has 0 aromatic heterocycles. The molecule has 0 aliphatic carbocycles. The van der Waals surface area contributed by atoms with Crippen molar-refractivity contribution in [2.45, 2.75) is 59.0 Å². The minimum Gasteiger partial charge on any atom is -0.492 e. The molecule has 2 aromatic carbocycles. The molecule has 2 rings (SSSR count). The van der Waals surface area contributed by atoms with Crippen LogP contribution in [-0.2, 0) is 26.0 Å². The van der Waals surface area contributed by atoms with Crippen LogP contribution < -0.4 is 14.4 Å². The van der Waals surface area contributed by atoms with Crippen molar-refractivity contribution in [2.75, 3.05) is 30.3 Å². The highest BCUT2D eigenvalue weighted by Gasteiger charge is 2.32. The molecule has 0 spiro atoms. The van der Waals surface area contributed by atoms with Gasteiger partial charge in [0, 0.05) is 12.6 Å². The van der Waals surface area contributed by atoms with E-state index in [2.05, 4.69) is 5.32 Å². The number of hydrogen-bond acceptors (Lipinski definition) is 5. The SMILES string of the molecule is CCOc1ccccc1N(CC(=O)N(CCc1ccccc1)[C@@H](CC)C(=O)N[C@@H](C)CC)S(C)(=O)=O. The first-order valence-electron chi connectivity index (χ1n) is 12.5. The third kappa shape index (κ3) is 8.26. The summed E-state index contributed by atoms with van der Waals surface area (Å²) >= 11 is 0. The van der Waals surface area contributed by atoms with E-state index in [1.165, 1.54) is 4.90 Å². The number of amides is 2. The molecular formula is C27H39N3O5S. The van der Waals surface area contributed by atoms with E-state index in [-0.39, 0.29) is 24.2 Å². The second kappa shape index (κ2) is 13.9. The monoisotopic (exact) mass is 517 g/mol. The summed E-state index contributed by atoms with van der Waals surface area (Å²) < 4.78 is 32.3. The molecular weight excluding hydrogens is 478 g/mol. The second-order valence-corrected chi connectivity index (χ2v) is 10.6. The van der Waals surface area contributed by atoms with E-state index in [4.69, 9.17) is 4.74 Å². The Bertz CT molecular complexity index is 1090. The quantitative estimate of drug-likeness (QED) is 0.413. The van der Waals surface area contributed by atoms with Crippen LogP contribution in [0.5, 0.6) is 5.75 Å². The van der Waals surface area contributed by atoms with Gasteiger partial charge >= 0.3 is 0 Å². The highest BCUT2D eigenvalue weighted by molar-refractivity contribution is 7.92. The molecule has 0 fully saturated rings. The standard InChI is InChI=1S/C27H39N3O5S/c1-6-21(4)28-27(32)23(7-2)29(19-18-22-14-10-9-11-15-22)26(31)20-30(36(5,33)34)24-16-12-13-17-25(24)35-8-3/h9-17,21,23H,6-8,18-20H2,1-5H3,(H,28,32)/t21-,23-/m0/s1. The van der Waals surface area contributed by atoms with E-state index in [9.17, 15) is 18.0 Å². The number of nitrogens with one attached hydrogen (secondary N) is 1. The van der Waals surface area contributed by atoms with Crippen molar-refractivity contribution in [3.8, 4) is 5.75 Å². The summed E-state index contributed by atoms with van der Waals surface area (Å²) in [6, 6.07) is 15.6. The average Bonchev–Trinajstić information content (AvgIpc) is 2.85. The number of sulfonamides is 1. The van der Waals surface area contributed by atoms with Gasteiger partial charge in [-0.2, -0.15) is 0 Å². The van der Waals surface area contributed by atoms with Crippen molar-refractivity contribution >= 4 is 27.5 Å². The number of carbonyl (C=O) groups excluding carboxylic acids is 2. The lowest BCUT2D eigenvalue weighted by Gasteiger charge is -2.33. The molecule has 36 heavy (non-hydrogen) atoms. The van der Waals surface area contributed by atoms with E-state index in [1.54, 1.807) is 31.2 Å². The smallest absolute Gasteiger partial charge is 0.244 e. The van der Waals surface area contributed by atoms with Crippen molar-refractivity contribution < 1.29 is 22.7 Å². The van der Waals surface area contributed by atoms with Crippen molar-refractivity contribution in [2.24, 2.45) is 0 Å². The second-order valence-electron chi connectivity index (χ2n) is 8.74. The fourth-order valence-electron chi connectivity index (χ4n) is 3.87. The molecule has 198 valence electrons. The highest BCUT2D eigenvalue weighted by atomic mass is 32.2. The Morgan fingerprint density at radius 1 is 0.972 bits per heavy atom. The number of carbonyl (C=O) groups is 2. The summed E-state index contributed by atoms with van der Waals surface area (Å²) in [7, 11) is -3.82. The van der Waals surface area contributed by atoms with Crippen LogP contribution in [0.15, 0.2) is 54.6 Å². The summed E-state index contributed by atoms with van der Waals surface area (Å²) in [5.74, 6) is -0.321. The molecule has 9 heteroatoms. The maximum atomic E-state index is 13.7. The van der Waals surface area contributed by atoms with Crippen LogP contribution in [0, 0.1) is 0 Å². The summed E-state index contributed by atoms with van der Waals surface area (Å²) in [6.45, 7) is 7.73. The molecule has 8 nitrogen and oxygen atoms in total. The van der Waals surface area contributed by atoms with Gasteiger partial charge in [-0.1, -0.05) is 56.3 Å². The normalized spacial score (nSPS) is 12.9. The van der Waals surface area contributed by atoms with Crippen LogP contribution >= 0.6 is 0 Å². The van der Waals surface area contributed by atoms with Crippen LogP contribution in [0.1, 0.15) is 46.1 Å². The van der Waals surface area contributed by atoms with Gasteiger partial charge in [-0.05, 0) is 50.8 Å². The van der Waals surface area contributed by atoms with Gasteiger partial charge in [0.25, 0.3) is 0 Å². The minimum absolute atomic E-state index is 0.0387. The Labute approximate surface area is 215 Å². The molecule has 0 heterocycles. The van der Waals surface area contributed by atoms with Gasteiger partial charge in [0.15, 0.2) is 0 Å². The largest absolute Gasteiger partial charge is 0.492 e. The van der Waals surface area contributed by atoms with E-state index < -0.39 is 28.5 Å². The maximum Gasteiger partial charge on any atom is 0.244 e. The molecule has 0 radical (unpaired) electrons. The Balaban J connectivity index is 2.41. The third-order valence-corrected chi connectivity index (χ3v) is 7.11. The van der Waals surface area contributed by atoms with Gasteiger partial charge in [0.1, 0.15) is 18.3 Å². The fraction of sp³-hybridized carbons (Fsp3) is 0.481. The van der Waals surface area contributed by atoms with E-state index in [1.807, 2.05) is 51.1 Å². The number of rotatable bonds is 14.